The lowest BCUT2D eigenvalue weighted by atomic mass is 9.67. The zero-order valence-electron chi connectivity index (χ0n) is 33.6. The third kappa shape index (κ3) is 5.91. The highest BCUT2D eigenvalue weighted by molar-refractivity contribution is 7.25. The number of hydrogen-bond donors (Lipinski definition) is 0. The number of fused-ring (bicyclic) bond motifs is 6. The molecule has 0 aliphatic heterocycles. The van der Waals surface area contributed by atoms with Crippen molar-refractivity contribution in [3.05, 3.63) is 247 Å². The van der Waals surface area contributed by atoms with E-state index < -0.39 is 5.41 Å². The average molecular weight is 808 g/mol. The minimum atomic E-state index is -0.477. The fraction of sp³-hybridized carbons (Fsp3) is 0.0172. The quantitative estimate of drug-likeness (QED) is 0.161. The molecule has 12 rings (SSSR count). The van der Waals surface area contributed by atoms with Crippen molar-refractivity contribution in [2.75, 3.05) is 0 Å². The Labute approximate surface area is 364 Å². The Kier molecular flexibility index (Phi) is 8.58. The molecule has 0 saturated carbocycles. The largest absolute Gasteiger partial charge is 0.208 e. The SMILES string of the molecule is c1ccc(-c2nc(-c3ccccc3)nc(-c3ccc(-c4cccc(-c5ccc(C6(c7ccc8sc9ccccc9c8c7)c7ccccc7-c7ccccc76)cc5)c4)cc3)n2)cc1. The van der Waals surface area contributed by atoms with Gasteiger partial charge in [-0.15, -0.1) is 11.3 Å². The van der Waals surface area contributed by atoms with Gasteiger partial charge in [-0.05, 0) is 79.9 Å². The van der Waals surface area contributed by atoms with Crippen LogP contribution >= 0.6 is 11.3 Å². The maximum absolute atomic E-state index is 4.94. The van der Waals surface area contributed by atoms with E-state index in [1.165, 1.54) is 64.7 Å². The van der Waals surface area contributed by atoms with Crippen molar-refractivity contribution in [1.82, 2.24) is 15.0 Å². The minimum absolute atomic E-state index is 0.477. The molecule has 0 bridgehead atoms. The van der Waals surface area contributed by atoms with E-state index in [2.05, 4.69) is 164 Å². The molecule has 3 nitrogen and oxygen atoms in total. The molecule has 0 radical (unpaired) electrons. The summed E-state index contributed by atoms with van der Waals surface area (Å²) in [6, 6.07) is 80.8. The summed E-state index contributed by atoms with van der Waals surface area (Å²) in [5.74, 6) is 1.95. The molecule has 0 atom stereocenters. The van der Waals surface area contributed by atoms with Gasteiger partial charge in [0.2, 0.25) is 0 Å². The topological polar surface area (TPSA) is 38.7 Å². The predicted molar refractivity (Wildman–Crippen MR) is 257 cm³/mol. The highest BCUT2D eigenvalue weighted by atomic mass is 32.1. The van der Waals surface area contributed by atoms with Crippen LogP contribution in [0, 0.1) is 0 Å². The molecule has 4 heteroatoms. The van der Waals surface area contributed by atoms with Gasteiger partial charge in [0.1, 0.15) is 0 Å². The second kappa shape index (κ2) is 14.7. The van der Waals surface area contributed by atoms with Crippen LogP contribution in [0.4, 0.5) is 0 Å². The van der Waals surface area contributed by atoms with Crippen molar-refractivity contribution in [2.45, 2.75) is 5.41 Å². The van der Waals surface area contributed by atoms with Crippen LogP contribution in [0.1, 0.15) is 22.3 Å². The van der Waals surface area contributed by atoms with Crippen LogP contribution in [0.15, 0.2) is 224 Å². The summed E-state index contributed by atoms with van der Waals surface area (Å²) in [5.41, 5.74) is 14.8. The average Bonchev–Trinajstić information content (AvgIpc) is 3.88. The van der Waals surface area contributed by atoms with Gasteiger partial charge in [-0.2, -0.15) is 0 Å². The number of thiophene rings is 1. The molecule has 11 aromatic rings. The van der Waals surface area contributed by atoms with Crippen molar-refractivity contribution >= 4 is 31.5 Å². The first kappa shape index (κ1) is 36.1. The molecule has 2 heterocycles. The minimum Gasteiger partial charge on any atom is -0.208 e. The van der Waals surface area contributed by atoms with E-state index in [9.17, 15) is 0 Å². The van der Waals surface area contributed by atoms with E-state index in [0.29, 0.717) is 17.5 Å². The third-order valence-electron chi connectivity index (χ3n) is 12.5. The molecule has 290 valence electrons. The van der Waals surface area contributed by atoms with E-state index in [4.69, 9.17) is 15.0 Å². The summed E-state index contributed by atoms with van der Waals surface area (Å²) < 4.78 is 2.63. The lowest BCUT2D eigenvalue weighted by molar-refractivity contribution is 0.770. The highest BCUT2D eigenvalue weighted by Crippen LogP contribution is 2.56. The van der Waals surface area contributed by atoms with E-state index in [1.54, 1.807) is 0 Å². The Hall–Kier alpha value is -7.79. The van der Waals surface area contributed by atoms with Crippen molar-refractivity contribution in [2.24, 2.45) is 0 Å². The molecule has 1 aliphatic rings. The molecule has 0 amide bonds. The maximum Gasteiger partial charge on any atom is 0.164 e. The molecule has 0 saturated heterocycles. The Morgan fingerprint density at radius 2 is 0.726 bits per heavy atom. The van der Waals surface area contributed by atoms with E-state index in [0.717, 1.165) is 27.8 Å². The van der Waals surface area contributed by atoms with E-state index in [-0.39, 0.29) is 0 Å². The molecule has 9 aromatic carbocycles. The normalized spacial score (nSPS) is 12.6. The third-order valence-corrected chi connectivity index (χ3v) is 13.6. The molecule has 2 aromatic heterocycles. The number of aromatic nitrogens is 3. The van der Waals surface area contributed by atoms with Gasteiger partial charge in [-0.25, -0.2) is 15.0 Å². The standard InChI is InChI=1S/C58H37N3S/c1-3-14-40(15-4-1)55-59-56(41-16-5-2-6-17-41)61-57(60-55)42-28-26-38(27-29-42)43-18-13-19-44(36-43)39-30-32-45(33-31-39)58(51-23-10-7-20-47(51)48-21-8-11-24-52(48)58)46-34-35-54-50(37-46)49-22-9-12-25-53(49)62-54/h1-37H. The summed E-state index contributed by atoms with van der Waals surface area (Å²) in [6.45, 7) is 0. The zero-order chi connectivity index (χ0) is 41.0. The molecular formula is C58H37N3S. The summed E-state index contributed by atoms with van der Waals surface area (Å²) in [7, 11) is 0. The van der Waals surface area contributed by atoms with Gasteiger partial charge < -0.3 is 0 Å². The Morgan fingerprint density at radius 1 is 0.290 bits per heavy atom. The molecule has 0 unspecified atom stereocenters. The van der Waals surface area contributed by atoms with Crippen LogP contribution in [0.25, 0.3) is 87.7 Å². The predicted octanol–water partition coefficient (Wildman–Crippen LogP) is 14.9. The Balaban J connectivity index is 0.914. The molecule has 0 fully saturated rings. The van der Waals surface area contributed by atoms with Crippen LogP contribution in [-0.4, -0.2) is 15.0 Å². The summed E-state index contributed by atoms with van der Waals surface area (Å²) in [6.07, 6.45) is 0. The van der Waals surface area contributed by atoms with Crippen LogP contribution < -0.4 is 0 Å². The Morgan fingerprint density at radius 3 is 1.32 bits per heavy atom. The maximum atomic E-state index is 4.94. The first-order valence-corrected chi connectivity index (χ1v) is 21.8. The first-order chi connectivity index (χ1) is 30.7. The van der Waals surface area contributed by atoms with Gasteiger partial charge >= 0.3 is 0 Å². The van der Waals surface area contributed by atoms with Crippen molar-refractivity contribution in [3.63, 3.8) is 0 Å². The number of rotatable bonds is 7. The molecule has 0 spiro atoms. The zero-order valence-corrected chi connectivity index (χ0v) is 34.4. The van der Waals surface area contributed by atoms with Gasteiger partial charge in [-0.1, -0.05) is 200 Å². The second-order valence-corrected chi connectivity index (χ2v) is 17.0. The number of benzene rings is 9. The molecular weight excluding hydrogens is 771 g/mol. The molecule has 1 aliphatic carbocycles. The summed E-state index contributed by atoms with van der Waals surface area (Å²) in [4.78, 5) is 14.7. The number of hydrogen-bond acceptors (Lipinski definition) is 4. The van der Waals surface area contributed by atoms with Crippen LogP contribution in [0.5, 0.6) is 0 Å². The molecule has 62 heavy (non-hydrogen) atoms. The lowest BCUT2D eigenvalue weighted by Crippen LogP contribution is -2.28. The molecule has 0 N–H and O–H groups in total. The van der Waals surface area contributed by atoms with Crippen LogP contribution in [0.3, 0.4) is 0 Å². The highest BCUT2D eigenvalue weighted by Gasteiger charge is 2.46. The summed E-state index contributed by atoms with van der Waals surface area (Å²) in [5, 5.41) is 2.63. The van der Waals surface area contributed by atoms with Gasteiger partial charge in [0, 0.05) is 36.9 Å². The fourth-order valence-electron chi connectivity index (χ4n) is 9.52. The lowest BCUT2D eigenvalue weighted by Gasteiger charge is -2.34. The van der Waals surface area contributed by atoms with E-state index in [1.807, 2.05) is 72.0 Å². The number of nitrogens with zero attached hydrogens (tertiary/aromatic N) is 3. The fourth-order valence-corrected chi connectivity index (χ4v) is 10.6. The van der Waals surface area contributed by atoms with E-state index >= 15 is 0 Å². The monoisotopic (exact) mass is 807 g/mol. The Bertz CT molecular complexity index is 3340. The van der Waals surface area contributed by atoms with Gasteiger partial charge in [0.05, 0.1) is 5.41 Å². The summed E-state index contributed by atoms with van der Waals surface area (Å²) >= 11 is 1.87. The van der Waals surface area contributed by atoms with Gasteiger partial charge in [0.25, 0.3) is 0 Å². The smallest absolute Gasteiger partial charge is 0.164 e. The van der Waals surface area contributed by atoms with Crippen molar-refractivity contribution in [3.8, 4) is 67.5 Å². The van der Waals surface area contributed by atoms with Crippen LogP contribution in [0.2, 0.25) is 0 Å². The van der Waals surface area contributed by atoms with Crippen LogP contribution in [-0.2, 0) is 5.41 Å². The van der Waals surface area contributed by atoms with Gasteiger partial charge in [-0.3, -0.25) is 0 Å². The van der Waals surface area contributed by atoms with Crippen molar-refractivity contribution < 1.29 is 0 Å². The second-order valence-electron chi connectivity index (χ2n) is 15.9. The first-order valence-electron chi connectivity index (χ1n) is 21.0. The van der Waals surface area contributed by atoms with Gasteiger partial charge in [0.15, 0.2) is 17.5 Å². The van der Waals surface area contributed by atoms with Crippen molar-refractivity contribution in [1.29, 1.82) is 0 Å².